The van der Waals surface area contributed by atoms with E-state index in [0.717, 1.165) is 26.5 Å². The first-order valence-electron chi connectivity index (χ1n) is 15.1. The molecule has 4 aromatic carbocycles. The van der Waals surface area contributed by atoms with Gasteiger partial charge in [-0.1, -0.05) is 84.9 Å². The molecule has 2 aliphatic rings. The monoisotopic (exact) mass is 638 g/mol. The van der Waals surface area contributed by atoms with Crippen LogP contribution in [0, 0.1) is 0 Å². The van der Waals surface area contributed by atoms with Gasteiger partial charge in [0.25, 0.3) is 5.91 Å². The molecule has 0 saturated carbocycles. The molecule has 0 bridgehead atoms. The van der Waals surface area contributed by atoms with Crippen LogP contribution in [-0.2, 0) is 37.0 Å². The zero-order valence-electron chi connectivity index (χ0n) is 25.0. The number of amides is 3. The number of nitrogens with zero attached hydrogens (tertiary/aromatic N) is 1. The summed E-state index contributed by atoms with van der Waals surface area (Å²) in [5.74, 6) is -0.269. The molecule has 1 unspecified atom stereocenters. The number of rotatable bonds is 10. The Bertz CT molecular complexity index is 1650. The quantitative estimate of drug-likeness (QED) is 0.159. The molecule has 2 N–H and O–H groups in total. The molecule has 9 nitrogen and oxygen atoms in total. The lowest BCUT2D eigenvalue weighted by Crippen LogP contribution is -2.42. The van der Waals surface area contributed by atoms with Crippen molar-refractivity contribution in [2.24, 2.45) is 0 Å². The van der Waals surface area contributed by atoms with Crippen molar-refractivity contribution in [1.82, 2.24) is 5.32 Å². The van der Waals surface area contributed by atoms with Gasteiger partial charge in [0.05, 0.1) is 30.9 Å². The number of nitrogens with one attached hydrogen (secondary N) is 1. The van der Waals surface area contributed by atoms with Gasteiger partial charge in [-0.25, -0.2) is 9.69 Å². The summed E-state index contributed by atoms with van der Waals surface area (Å²) >= 11 is 1.70. The number of carbonyl (C=O) groups excluding carboxylic acids is 3. The minimum absolute atomic E-state index is 0.0418. The first-order chi connectivity index (χ1) is 22.5. The summed E-state index contributed by atoms with van der Waals surface area (Å²) in [6.07, 6.45) is -1.50. The minimum atomic E-state index is -1.03. The van der Waals surface area contributed by atoms with Crippen molar-refractivity contribution < 1.29 is 33.7 Å². The first-order valence-corrected chi connectivity index (χ1v) is 16.1. The highest BCUT2D eigenvalue weighted by molar-refractivity contribution is 7.99. The number of anilines is 1. The van der Waals surface area contributed by atoms with E-state index in [0.29, 0.717) is 23.4 Å². The van der Waals surface area contributed by atoms with Crippen molar-refractivity contribution in [2.45, 2.75) is 55.5 Å². The summed E-state index contributed by atoms with van der Waals surface area (Å²) in [5, 5.41) is 12.0. The fourth-order valence-corrected chi connectivity index (χ4v) is 6.40. The van der Waals surface area contributed by atoms with Crippen LogP contribution in [0.3, 0.4) is 0 Å². The van der Waals surface area contributed by atoms with Gasteiger partial charge in [-0.15, -0.1) is 11.8 Å². The Morgan fingerprint density at radius 1 is 0.870 bits per heavy atom. The van der Waals surface area contributed by atoms with Crippen LogP contribution in [0.4, 0.5) is 10.5 Å². The number of benzene rings is 4. The molecule has 2 saturated heterocycles. The first kappa shape index (κ1) is 31.5. The number of hydrogen-bond donors (Lipinski definition) is 2. The van der Waals surface area contributed by atoms with Crippen LogP contribution in [-0.4, -0.2) is 40.9 Å². The van der Waals surface area contributed by atoms with Gasteiger partial charge in [0, 0.05) is 22.6 Å². The Kier molecular flexibility index (Phi) is 10.1. The third-order valence-corrected chi connectivity index (χ3v) is 8.99. The molecule has 4 aromatic rings. The molecule has 2 fully saturated rings. The number of imide groups is 1. The Balaban J connectivity index is 1.16. The van der Waals surface area contributed by atoms with Gasteiger partial charge < -0.3 is 24.6 Å². The van der Waals surface area contributed by atoms with E-state index >= 15 is 0 Å². The number of thioether (sulfide) groups is 1. The molecule has 3 amide bonds. The molecule has 0 aliphatic carbocycles. The molecule has 46 heavy (non-hydrogen) atoms. The summed E-state index contributed by atoms with van der Waals surface area (Å²) in [6.45, 7) is 0.00592. The van der Waals surface area contributed by atoms with Gasteiger partial charge in [-0.2, -0.15) is 0 Å². The molecule has 236 valence electrons. The lowest BCUT2D eigenvalue weighted by atomic mass is 10.0. The molecule has 0 aromatic heterocycles. The molecule has 4 atom stereocenters. The van der Waals surface area contributed by atoms with Gasteiger partial charge in [0.2, 0.25) is 5.91 Å². The summed E-state index contributed by atoms with van der Waals surface area (Å²) < 4.78 is 18.2. The summed E-state index contributed by atoms with van der Waals surface area (Å²) in [5.41, 5.74) is 3.61. The average molecular weight is 639 g/mol. The van der Waals surface area contributed by atoms with Gasteiger partial charge >= 0.3 is 6.09 Å². The van der Waals surface area contributed by atoms with E-state index in [2.05, 4.69) is 17.4 Å². The third kappa shape index (κ3) is 7.66. The van der Waals surface area contributed by atoms with Crippen molar-refractivity contribution in [3.8, 4) is 0 Å². The molecular weight excluding hydrogens is 604 g/mol. The highest BCUT2D eigenvalue weighted by atomic mass is 32.2. The Morgan fingerprint density at radius 3 is 2.35 bits per heavy atom. The van der Waals surface area contributed by atoms with Crippen LogP contribution in [0.1, 0.15) is 47.5 Å². The van der Waals surface area contributed by atoms with Gasteiger partial charge in [-0.3, -0.25) is 9.59 Å². The summed E-state index contributed by atoms with van der Waals surface area (Å²) in [7, 11) is 0. The second kappa shape index (κ2) is 14.7. The maximum Gasteiger partial charge on any atom is 0.408 e. The van der Waals surface area contributed by atoms with E-state index in [1.807, 2.05) is 78.9 Å². The third-order valence-electron chi connectivity index (χ3n) is 7.85. The maximum atomic E-state index is 13.3. The fourth-order valence-electron chi connectivity index (χ4n) is 5.46. The van der Waals surface area contributed by atoms with E-state index in [-0.39, 0.29) is 31.8 Å². The molecule has 0 spiro atoms. The number of aliphatic hydroxyl groups is 1. The highest BCUT2D eigenvalue weighted by Gasteiger charge is 2.41. The van der Waals surface area contributed by atoms with E-state index in [9.17, 15) is 19.5 Å². The number of ether oxygens (including phenoxy) is 3. The Labute approximate surface area is 271 Å². The predicted molar refractivity (Wildman–Crippen MR) is 173 cm³/mol. The average Bonchev–Trinajstić information content (AvgIpc) is 3.38. The molecule has 2 aliphatic heterocycles. The van der Waals surface area contributed by atoms with Crippen molar-refractivity contribution in [3.63, 3.8) is 0 Å². The number of alkyl carbamates (subject to hydrolysis) is 1. The molecular formula is C36H34N2O7S. The lowest BCUT2D eigenvalue weighted by molar-refractivity contribution is -0.245. The zero-order valence-corrected chi connectivity index (χ0v) is 25.8. The Morgan fingerprint density at radius 2 is 1.61 bits per heavy atom. The van der Waals surface area contributed by atoms with Gasteiger partial charge in [0.15, 0.2) is 6.29 Å². The van der Waals surface area contributed by atoms with Gasteiger partial charge in [-0.05, 0) is 41.0 Å². The highest BCUT2D eigenvalue weighted by Crippen LogP contribution is 2.40. The smallest absolute Gasteiger partial charge is 0.408 e. The summed E-state index contributed by atoms with van der Waals surface area (Å²) in [4.78, 5) is 41.0. The fraction of sp³-hybridized carbons (Fsp3) is 0.250. The van der Waals surface area contributed by atoms with E-state index in [1.54, 1.807) is 30.0 Å². The van der Waals surface area contributed by atoms with E-state index in [4.69, 9.17) is 14.2 Å². The second-order valence-electron chi connectivity index (χ2n) is 11.1. The van der Waals surface area contributed by atoms with Crippen LogP contribution < -0.4 is 10.2 Å². The van der Waals surface area contributed by atoms with Crippen LogP contribution >= 0.6 is 11.8 Å². The lowest BCUT2D eigenvalue weighted by Gasteiger charge is -2.36. The van der Waals surface area contributed by atoms with Crippen LogP contribution in [0.15, 0.2) is 114 Å². The largest absolute Gasteiger partial charge is 0.445 e. The van der Waals surface area contributed by atoms with Gasteiger partial charge in [0.1, 0.15) is 12.6 Å². The number of carbonyl (C=O) groups is 3. The minimum Gasteiger partial charge on any atom is -0.445 e. The number of aliphatic hydroxyl groups excluding tert-OH is 1. The molecule has 0 radical (unpaired) electrons. The van der Waals surface area contributed by atoms with E-state index in [1.165, 1.54) is 0 Å². The van der Waals surface area contributed by atoms with Crippen LogP contribution in [0.2, 0.25) is 0 Å². The molecule has 6 rings (SSSR count). The zero-order chi connectivity index (χ0) is 31.9. The maximum absolute atomic E-state index is 13.3. The van der Waals surface area contributed by atoms with Crippen molar-refractivity contribution in [1.29, 1.82) is 0 Å². The summed E-state index contributed by atoms with van der Waals surface area (Å²) in [6, 6.07) is 32.9. The molecule has 2 heterocycles. The normalized spacial score (nSPS) is 21.3. The molecule has 10 heteroatoms. The van der Waals surface area contributed by atoms with Crippen molar-refractivity contribution >= 4 is 35.4 Å². The SMILES string of the molecule is O=C(NC1CC(=O)N(c2cccc([C@@H]3O[C@H](CSc4ccccc4)C[C@H](c4ccc(CO)cc4)O3)c2)C1=O)OCc1ccccc1. The van der Waals surface area contributed by atoms with Crippen LogP contribution in [0.25, 0.3) is 0 Å². The van der Waals surface area contributed by atoms with Crippen molar-refractivity contribution in [3.05, 3.63) is 131 Å². The number of hydrogen-bond acceptors (Lipinski definition) is 8. The second-order valence-corrected chi connectivity index (χ2v) is 12.2. The Hall–Kier alpha value is -4.48. The topological polar surface area (TPSA) is 114 Å². The van der Waals surface area contributed by atoms with E-state index < -0.39 is 30.2 Å². The van der Waals surface area contributed by atoms with Crippen molar-refractivity contribution in [2.75, 3.05) is 10.7 Å². The standard InChI is InChI=1S/C36H34N2O7S/c39-21-24-14-16-26(17-15-24)32-19-29(23-46-30-12-5-2-6-13-30)44-35(45-32)27-10-7-11-28(18-27)38-33(40)20-31(34(38)41)37-36(42)43-22-25-8-3-1-4-9-25/h1-18,29,31-32,35,39H,19-23H2,(H,37,42)/t29-,31?,32+,35+/m0/s1. The van der Waals surface area contributed by atoms with Crippen LogP contribution in [0.5, 0.6) is 0 Å². The predicted octanol–water partition coefficient (Wildman–Crippen LogP) is 6.07.